The number of nitrogens with zero attached hydrogens (tertiary/aromatic N) is 3. The summed E-state index contributed by atoms with van der Waals surface area (Å²) in [6, 6.07) is 13.7. The first-order valence-corrected chi connectivity index (χ1v) is 8.19. The maximum atomic E-state index is 12.7. The first kappa shape index (κ1) is 14.8. The summed E-state index contributed by atoms with van der Waals surface area (Å²) in [5.41, 5.74) is 1.69. The fourth-order valence-electron chi connectivity index (χ4n) is 3.12. The van der Waals surface area contributed by atoms with Crippen LogP contribution in [0.2, 0.25) is 0 Å². The SMILES string of the molecule is O=C(C1=Cc2ccccc2OC1)N1CCN(c2ccccn2)CC1. The molecule has 0 aliphatic carbocycles. The average Bonchev–Trinajstić information content (AvgIpc) is 2.68. The van der Waals surface area contributed by atoms with Gasteiger partial charge in [0.15, 0.2) is 0 Å². The second-order valence-corrected chi connectivity index (χ2v) is 5.96. The lowest BCUT2D eigenvalue weighted by Crippen LogP contribution is -2.49. The van der Waals surface area contributed by atoms with Gasteiger partial charge in [0, 0.05) is 37.9 Å². The molecule has 1 aromatic heterocycles. The zero-order valence-electron chi connectivity index (χ0n) is 13.4. The molecule has 1 aromatic carbocycles. The van der Waals surface area contributed by atoms with Gasteiger partial charge in [-0.2, -0.15) is 0 Å². The minimum absolute atomic E-state index is 0.0742. The number of anilines is 1. The second kappa shape index (κ2) is 6.35. The standard InChI is InChI=1S/C19H19N3O2/c23-19(16-13-15-5-1-2-6-17(15)24-14-16)22-11-9-21(10-12-22)18-7-3-4-8-20-18/h1-8,13H,9-12,14H2. The van der Waals surface area contributed by atoms with Crippen molar-refractivity contribution < 1.29 is 9.53 Å². The molecule has 0 spiro atoms. The van der Waals surface area contributed by atoms with Crippen molar-refractivity contribution in [2.75, 3.05) is 37.7 Å². The molecule has 2 aromatic rings. The Hall–Kier alpha value is -2.82. The van der Waals surface area contributed by atoms with E-state index in [4.69, 9.17) is 4.74 Å². The van der Waals surface area contributed by atoms with E-state index in [1.54, 1.807) is 6.20 Å². The summed E-state index contributed by atoms with van der Waals surface area (Å²) >= 11 is 0. The van der Waals surface area contributed by atoms with Gasteiger partial charge in [-0.15, -0.1) is 0 Å². The lowest BCUT2D eigenvalue weighted by atomic mass is 10.1. The summed E-state index contributed by atoms with van der Waals surface area (Å²) < 4.78 is 5.70. The van der Waals surface area contributed by atoms with E-state index in [-0.39, 0.29) is 5.91 Å². The van der Waals surface area contributed by atoms with Gasteiger partial charge in [-0.3, -0.25) is 4.79 Å². The lowest BCUT2D eigenvalue weighted by Gasteiger charge is -2.36. The van der Waals surface area contributed by atoms with Crippen LogP contribution in [-0.4, -0.2) is 48.6 Å². The van der Waals surface area contributed by atoms with E-state index in [2.05, 4.69) is 9.88 Å². The molecular weight excluding hydrogens is 302 g/mol. The van der Waals surface area contributed by atoms with Crippen molar-refractivity contribution in [2.45, 2.75) is 0 Å². The van der Waals surface area contributed by atoms with Crippen molar-refractivity contribution >= 4 is 17.8 Å². The Morgan fingerprint density at radius 3 is 2.58 bits per heavy atom. The Morgan fingerprint density at radius 2 is 1.79 bits per heavy atom. The quantitative estimate of drug-likeness (QED) is 0.851. The topological polar surface area (TPSA) is 45.7 Å². The third kappa shape index (κ3) is 2.85. The van der Waals surface area contributed by atoms with Crippen LogP contribution in [0.3, 0.4) is 0 Å². The van der Waals surface area contributed by atoms with Crippen LogP contribution in [0, 0.1) is 0 Å². The largest absolute Gasteiger partial charge is 0.488 e. The molecule has 2 aliphatic heterocycles. The number of ether oxygens (including phenoxy) is 1. The molecule has 1 fully saturated rings. The molecule has 5 heteroatoms. The fraction of sp³-hybridized carbons (Fsp3) is 0.263. The number of carbonyl (C=O) groups is 1. The van der Waals surface area contributed by atoms with Crippen molar-refractivity contribution in [2.24, 2.45) is 0 Å². The normalized spacial score (nSPS) is 16.9. The molecule has 1 amide bonds. The molecule has 1 saturated heterocycles. The molecule has 122 valence electrons. The van der Waals surface area contributed by atoms with E-state index in [9.17, 15) is 4.79 Å². The van der Waals surface area contributed by atoms with Gasteiger partial charge >= 0.3 is 0 Å². The highest BCUT2D eigenvalue weighted by Gasteiger charge is 2.26. The van der Waals surface area contributed by atoms with Gasteiger partial charge in [0.25, 0.3) is 5.91 Å². The van der Waals surface area contributed by atoms with Gasteiger partial charge in [0.2, 0.25) is 0 Å². The first-order valence-electron chi connectivity index (χ1n) is 8.19. The monoisotopic (exact) mass is 321 g/mol. The van der Waals surface area contributed by atoms with Crippen LogP contribution < -0.4 is 9.64 Å². The van der Waals surface area contributed by atoms with Crippen LogP contribution in [0.15, 0.2) is 54.2 Å². The fourth-order valence-corrected chi connectivity index (χ4v) is 3.12. The molecule has 4 rings (SSSR count). The van der Waals surface area contributed by atoms with Crippen molar-refractivity contribution in [1.29, 1.82) is 0 Å². The van der Waals surface area contributed by atoms with Crippen LogP contribution in [0.4, 0.5) is 5.82 Å². The minimum Gasteiger partial charge on any atom is -0.488 e. The van der Waals surface area contributed by atoms with E-state index in [0.29, 0.717) is 19.7 Å². The molecular formula is C19H19N3O2. The number of hydrogen-bond donors (Lipinski definition) is 0. The van der Waals surface area contributed by atoms with Gasteiger partial charge in [0.1, 0.15) is 18.2 Å². The van der Waals surface area contributed by atoms with Crippen LogP contribution >= 0.6 is 0 Å². The number of para-hydroxylation sites is 1. The Balaban J connectivity index is 1.43. The number of rotatable bonds is 2. The molecule has 5 nitrogen and oxygen atoms in total. The van der Waals surface area contributed by atoms with Crippen molar-refractivity contribution in [1.82, 2.24) is 9.88 Å². The third-order valence-corrected chi connectivity index (χ3v) is 4.45. The number of aromatic nitrogens is 1. The number of pyridine rings is 1. The first-order chi connectivity index (χ1) is 11.8. The van der Waals surface area contributed by atoms with E-state index < -0.39 is 0 Å². The van der Waals surface area contributed by atoms with Gasteiger partial charge in [-0.05, 0) is 24.3 Å². The number of amides is 1. The predicted molar refractivity (Wildman–Crippen MR) is 92.9 cm³/mol. The Bertz CT molecular complexity index is 765. The number of fused-ring (bicyclic) bond motifs is 1. The summed E-state index contributed by atoms with van der Waals surface area (Å²) in [5.74, 6) is 1.89. The van der Waals surface area contributed by atoms with E-state index in [1.165, 1.54) is 0 Å². The molecule has 0 saturated carbocycles. The molecule has 0 N–H and O–H groups in total. The summed E-state index contributed by atoms with van der Waals surface area (Å²) in [4.78, 5) is 21.2. The third-order valence-electron chi connectivity index (χ3n) is 4.45. The van der Waals surface area contributed by atoms with Gasteiger partial charge in [-0.1, -0.05) is 24.3 Å². The number of benzene rings is 1. The summed E-state index contributed by atoms with van der Waals surface area (Å²) in [6.07, 6.45) is 3.75. The van der Waals surface area contributed by atoms with E-state index in [0.717, 1.165) is 35.8 Å². The van der Waals surface area contributed by atoms with Crippen molar-refractivity contribution in [3.63, 3.8) is 0 Å². The number of hydrogen-bond acceptors (Lipinski definition) is 4. The number of piperazine rings is 1. The Labute approximate surface area is 141 Å². The number of carbonyl (C=O) groups excluding carboxylic acids is 1. The maximum absolute atomic E-state index is 12.7. The highest BCUT2D eigenvalue weighted by Crippen LogP contribution is 2.26. The van der Waals surface area contributed by atoms with E-state index in [1.807, 2.05) is 53.4 Å². The van der Waals surface area contributed by atoms with Crippen LogP contribution in [0.1, 0.15) is 5.56 Å². The minimum atomic E-state index is 0.0742. The zero-order chi connectivity index (χ0) is 16.4. The molecule has 0 bridgehead atoms. The smallest absolute Gasteiger partial charge is 0.253 e. The Morgan fingerprint density at radius 1 is 1.00 bits per heavy atom. The van der Waals surface area contributed by atoms with Gasteiger partial charge in [0.05, 0.1) is 5.57 Å². The van der Waals surface area contributed by atoms with Crippen LogP contribution in [0.25, 0.3) is 6.08 Å². The molecule has 3 heterocycles. The molecule has 0 radical (unpaired) electrons. The summed E-state index contributed by atoms with van der Waals surface area (Å²) in [7, 11) is 0. The average molecular weight is 321 g/mol. The van der Waals surface area contributed by atoms with Gasteiger partial charge < -0.3 is 14.5 Å². The summed E-state index contributed by atoms with van der Waals surface area (Å²) in [6.45, 7) is 3.35. The molecule has 0 unspecified atom stereocenters. The van der Waals surface area contributed by atoms with Crippen molar-refractivity contribution in [3.05, 3.63) is 59.8 Å². The Kier molecular flexibility index (Phi) is 3.91. The molecule has 24 heavy (non-hydrogen) atoms. The van der Waals surface area contributed by atoms with E-state index >= 15 is 0 Å². The highest BCUT2D eigenvalue weighted by molar-refractivity contribution is 5.99. The maximum Gasteiger partial charge on any atom is 0.253 e. The molecule has 2 aliphatic rings. The zero-order valence-corrected chi connectivity index (χ0v) is 13.4. The van der Waals surface area contributed by atoms with Gasteiger partial charge in [-0.25, -0.2) is 4.98 Å². The lowest BCUT2D eigenvalue weighted by molar-refractivity contribution is -0.127. The predicted octanol–water partition coefficient (Wildman–Crippen LogP) is 2.21. The molecule has 0 atom stereocenters. The van der Waals surface area contributed by atoms with Crippen molar-refractivity contribution in [3.8, 4) is 5.75 Å². The van der Waals surface area contributed by atoms with Crippen LogP contribution in [-0.2, 0) is 4.79 Å². The highest BCUT2D eigenvalue weighted by atomic mass is 16.5. The summed E-state index contributed by atoms with van der Waals surface area (Å²) in [5, 5.41) is 0. The second-order valence-electron chi connectivity index (χ2n) is 5.96. The van der Waals surface area contributed by atoms with Crippen LogP contribution in [0.5, 0.6) is 5.75 Å².